The Bertz CT molecular complexity index is 476. The first-order chi connectivity index (χ1) is 6.72. The molecule has 4 heteroatoms. The van der Waals surface area contributed by atoms with Crippen molar-refractivity contribution in [1.29, 1.82) is 0 Å². The minimum absolute atomic E-state index is 0.724. The summed E-state index contributed by atoms with van der Waals surface area (Å²) in [5.74, 6) is 0. The Hall–Kier alpha value is -1.42. The molecule has 0 aliphatic rings. The maximum Gasteiger partial charge on any atom is 0.160 e. The van der Waals surface area contributed by atoms with Gasteiger partial charge in [0.1, 0.15) is 4.83 Å². The molecule has 0 fully saturated rings. The highest BCUT2D eigenvalue weighted by molar-refractivity contribution is 7.20. The predicted molar refractivity (Wildman–Crippen MR) is 59.3 cm³/mol. The summed E-state index contributed by atoms with van der Waals surface area (Å²) in [6, 6.07) is 3.83. The van der Waals surface area contributed by atoms with Gasteiger partial charge in [-0.3, -0.25) is 4.79 Å². The van der Waals surface area contributed by atoms with Crippen LogP contribution in [0.15, 0.2) is 18.3 Å². The van der Waals surface area contributed by atoms with Gasteiger partial charge < -0.3 is 4.90 Å². The van der Waals surface area contributed by atoms with Gasteiger partial charge in [0.25, 0.3) is 0 Å². The topological polar surface area (TPSA) is 33.2 Å². The second-order valence-corrected chi connectivity index (χ2v) is 4.27. The van der Waals surface area contributed by atoms with Gasteiger partial charge >= 0.3 is 0 Å². The molecule has 0 radical (unpaired) electrons. The first-order valence-electron chi connectivity index (χ1n) is 4.23. The van der Waals surface area contributed by atoms with Crippen molar-refractivity contribution in [2.75, 3.05) is 19.0 Å². The molecule has 2 heterocycles. The summed E-state index contributed by atoms with van der Waals surface area (Å²) in [5, 5.41) is 1.05. The van der Waals surface area contributed by atoms with Gasteiger partial charge in [-0.25, -0.2) is 4.98 Å². The van der Waals surface area contributed by atoms with Crippen molar-refractivity contribution < 1.29 is 4.79 Å². The average molecular weight is 206 g/mol. The second kappa shape index (κ2) is 3.38. The van der Waals surface area contributed by atoms with E-state index in [1.165, 1.54) is 11.3 Å². The lowest BCUT2D eigenvalue weighted by Gasteiger charge is -2.12. The first kappa shape index (κ1) is 9.15. The summed E-state index contributed by atoms with van der Waals surface area (Å²) in [5.41, 5.74) is 1.10. The lowest BCUT2D eigenvalue weighted by Crippen LogP contribution is -2.08. The highest BCUT2D eigenvalue weighted by Gasteiger charge is 2.07. The number of hydrogen-bond donors (Lipinski definition) is 0. The standard InChI is InChI=1S/C10H10N2OS/c1-12(2)9-3-4-11-10-8(9)5-7(6-13)14-10/h3-6H,1-2H3. The highest BCUT2D eigenvalue weighted by atomic mass is 32.1. The molecule has 2 aromatic heterocycles. The monoisotopic (exact) mass is 206 g/mol. The third-order valence-electron chi connectivity index (χ3n) is 2.03. The molecule has 0 spiro atoms. The van der Waals surface area contributed by atoms with Gasteiger partial charge in [0.2, 0.25) is 0 Å². The van der Waals surface area contributed by atoms with Crippen LogP contribution in [0.3, 0.4) is 0 Å². The largest absolute Gasteiger partial charge is 0.377 e. The summed E-state index contributed by atoms with van der Waals surface area (Å²) in [6.45, 7) is 0. The Morgan fingerprint density at radius 1 is 1.50 bits per heavy atom. The molecule has 0 saturated heterocycles. The van der Waals surface area contributed by atoms with Crippen LogP contribution in [-0.2, 0) is 0 Å². The number of hydrogen-bond acceptors (Lipinski definition) is 4. The van der Waals surface area contributed by atoms with Gasteiger partial charge in [-0.2, -0.15) is 0 Å². The number of pyridine rings is 1. The molecular formula is C10H10N2OS. The Morgan fingerprint density at radius 3 is 2.93 bits per heavy atom. The number of rotatable bonds is 2. The lowest BCUT2D eigenvalue weighted by molar-refractivity contribution is 0.112. The molecule has 0 aliphatic carbocycles. The van der Waals surface area contributed by atoms with Crippen LogP contribution in [0.1, 0.15) is 9.67 Å². The number of aldehydes is 1. The fourth-order valence-electron chi connectivity index (χ4n) is 1.39. The molecule has 3 nitrogen and oxygen atoms in total. The van der Waals surface area contributed by atoms with E-state index in [0.717, 1.165) is 27.1 Å². The first-order valence-corrected chi connectivity index (χ1v) is 5.05. The molecule has 0 aromatic carbocycles. The summed E-state index contributed by atoms with van der Waals surface area (Å²) in [7, 11) is 3.96. The van der Waals surface area contributed by atoms with E-state index in [1.807, 2.05) is 31.1 Å². The molecule has 0 saturated carbocycles. The van der Waals surface area contributed by atoms with Crippen LogP contribution in [0.25, 0.3) is 10.2 Å². The van der Waals surface area contributed by atoms with Gasteiger partial charge in [0.05, 0.1) is 4.88 Å². The second-order valence-electron chi connectivity index (χ2n) is 3.21. The number of anilines is 1. The number of fused-ring (bicyclic) bond motifs is 1. The van der Waals surface area contributed by atoms with Gasteiger partial charge in [0, 0.05) is 31.4 Å². The van der Waals surface area contributed by atoms with Gasteiger partial charge in [-0.05, 0) is 12.1 Å². The van der Waals surface area contributed by atoms with Gasteiger partial charge in [-0.15, -0.1) is 11.3 Å². The molecule has 0 amide bonds. The van der Waals surface area contributed by atoms with E-state index < -0.39 is 0 Å². The van der Waals surface area contributed by atoms with Crippen molar-refractivity contribution in [1.82, 2.24) is 4.98 Å². The number of thiophene rings is 1. The van der Waals surface area contributed by atoms with E-state index in [9.17, 15) is 4.79 Å². The van der Waals surface area contributed by atoms with E-state index in [0.29, 0.717) is 0 Å². The quantitative estimate of drug-likeness (QED) is 0.706. The zero-order valence-corrected chi connectivity index (χ0v) is 8.84. The maximum absolute atomic E-state index is 10.6. The fourth-order valence-corrected chi connectivity index (χ4v) is 2.23. The fraction of sp³-hybridized carbons (Fsp3) is 0.200. The van der Waals surface area contributed by atoms with Crippen molar-refractivity contribution in [2.24, 2.45) is 0 Å². The number of carbonyl (C=O) groups is 1. The van der Waals surface area contributed by atoms with Crippen LogP contribution in [0, 0.1) is 0 Å². The number of carbonyl (C=O) groups excluding carboxylic acids is 1. The van der Waals surface area contributed by atoms with Crippen LogP contribution >= 0.6 is 11.3 Å². The molecule has 2 aromatic rings. The molecule has 0 bridgehead atoms. The normalized spacial score (nSPS) is 10.4. The zero-order valence-electron chi connectivity index (χ0n) is 8.02. The molecule has 2 rings (SSSR count). The minimum Gasteiger partial charge on any atom is -0.377 e. The third kappa shape index (κ3) is 1.37. The summed E-state index contributed by atoms with van der Waals surface area (Å²) < 4.78 is 0. The Morgan fingerprint density at radius 2 is 2.29 bits per heavy atom. The SMILES string of the molecule is CN(C)c1ccnc2sc(C=O)cc12. The van der Waals surface area contributed by atoms with Crippen LogP contribution in [0.2, 0.25) is 0 Å². The Kier molecular flexibility index (Phi) is 2.21. The van der Waals surface area contributed by atoms with Crippen molar-refractivity contribution in [2.45, 2.75) is 0 Å². The van der Waals surface area contributed by atoms with Crippen molar-refractivity contribution in [3.63, 3.8) is 0 Å². The van der Waals surface area contributed by atoms with Crippen molar-refractivity contribution in [3.05, 3.63) is 23.2 Å². The molecule has 72 valence electrons. The summed E-state index contributed by atoms with van der Waals surface area (Å²) in [4.78, 5) is 18.5. The minimum atomic E-state index is 0.724. The van der Waals surface area contributed by atoms with E-state index in [1.54, 1.807) is 6.20 Å². The smallest absolute Gasteiger partial charge is 0.160 e. The predicted octanol–water partition coefficient (Wildman–Crippen LogP) is 2.17. The zero-order chi connectivity index (χ0) is 10.1. The van der Waals surface area contributed by atoms with Gasteiger partial charge in [-0.1, -0.05) is 0 Å². The Labute approximate surface area is 86.0 Å². The van der Waals surface area contributed by atoms with Gasteiger partial charge in [0.15, 0.2) is 6.29 Å². The molecule has 0 unspecified atom stereocenters. The van der Waals surface area contributed by atoms with E-state index in [4.69, 9.17) is 0 Å². The van der Waals surface area contributed by atoms with E-state index in [-0.39, 0.29) is 0 Å². The van der Waals surface area contributed by atoms with Crippen LogP contribution in [-0.4, -0.2) is 25.4 Å². The molecule has 0 aliphatic heterocycles. The summed E-state index contributed by atoms with van der Waals surface area (Å²) in [6.07, 6.45) is 2.63. The van der Waals surface area contributed by atoms with E-state index in [2.05, 4.69) is 4.98 Å². The highest BCUT2D eigenvalue weighted by Crippen LogP contribution is 2.29. The van der Waals surface area contributed by atoms with Crippen LogP contribution < -0.4 is 4.90 Å². The van der Waals surface area contributed by atoms with Crippen molar-refractivity contribution in [3.8, 4) is 0 Å². The number of aromatic nitrogens is 1. The van der Waals surface area contributed by atoms with Crippen LogP contribution in [0.5, 0.6) is 0 Å². The third-order valence-corrected chi connectivity index (χ3v) is 3.00. The van der Waals surface area contributed by atoms with Crippen molar-refractivity contribution >= 4 is 33.5 Å². The lowest BCUT2D eigenvalue weighted by atomic mass is 10.2. The Balaban J connectivity index is 2.72. The molecule has 0 atom stereocenters. The van der Waals surface area contributed by atoms with Crippen LogP contribution in [0.4, 0.5) is 5.69 Å². The number of nitrogens with zero attached hydrogens (tertiary/aromatic N) is 2. The molecule has 0 N–H and O–H groups in total. The van der Waals surface area contributed by atoms with E-state index >= 15 is 0 Å². The average Bonchev–Trinajstić information content (AvgIpc) is 2.59. The molecular weight excluding hydrogens is 196 g/mol. The molecule has 14 heavy (non-hydrogen) atoms. The maximum atomic E-state index is 10.6. The summed E-state index contributed by atoms with van der Waals surface area (Å²) >= 11 is 1.42.